The van der Waals surface area contributed by atoms with Crippen molar-refractivity contribution in [1.82, 2.24) is 9.97 Å². The predicted molar refractivity (Wildman–Crippen MR) is 99.2 cm³/mol. The van der Waals surface area contributed by atoms with Gasteiger partial charge in [0, 0.05) is 34.5 Å². The van der Waals surface area contributed by atoms with E-state index in [-0.39, 0.29) is 11.0 Å². The van der Waals surface area contributed by atoms with E-state index < -0.39 is 5.82 Å². The summed E-state index contributed by atoms with van der Waals surface area (Å²) in [5, 5.41) is 0.857. The van der Waals surface area contributed by atoms with E-state index in [0.29, 0.717) is 38.0 Å². The van der Waals surface area contributed by atoms with E-state index in [1.807, 2.05) is 0 Å². The summed E-state index contributed by atoms with van der Waals surface area (Å²) in [5.74, 6) is -0.213. The third-order valence-electron chi connectivity index (χ3n) is 3.77. The number of nitrogens with zero attached hydrogens (tertiary/aromatic N) is 2. The maximum Gasteiger partial charge on any atom is 0.219 e. The Balaban J connectivity index is 2.21. The lowest BCUT2D eigenvalue weighted by Crippen LogP contribution is -1.97. The first-order valence-electron chi connectivity index (χ1n) is 7.24. The average molecular weight is 398 g/mol. The van der Waals surface area contributed by atoms with E-state index in [9.17, 15) is 4.39 Å². The molecule has 0 aliphatic heterocycles. The van der Waals surface area contributed by atoms with Gasteiger partial charge >= 0.3 is 0 Å². The van der Waals surface area contributed by atoms with Crippen LogP contribution in [0.2, 0.25) is 15.2 Å². The van der Waals surface area contributed by atoms with Gasteiger partial charge in [-0.15, -0.1) is 0 Å². The number of hydrogen-bond acceptors (Lipinski definition) is 3. The second-order valence-corrected chi connectivity index (χ2v) is 6.37. The lowest BCUT2D eigenvalue weighted by Gasteiger charge is -2.13. The third kappa shape index (κ3) is 3.30. The van der Waals surface area contributed by atoms with Gasteiger partial charge in [0.05, 0.1) is 22.8 Å². The van der Waals surface area contributed by atoms with Crippen LogP contribution in [-0.2, 0) is 0 Å². The van der Waals surface area contributed by atoms with Crippen LogP contribution in [0.4, 0.5) is 4.39 Å². The zero-order chi connectivity index (χ0) is 18.1. The molecule has 0 bridgehead atoms. The van der Waals surface area contributed by atoms with E-state index in [0.717, 1.165) is 0 Å². The molecule has 0 N–H and O–H groups in total. The summed E-state index contributed by atoms with van der Waals surface area (Å²) in [7, 11) is 1.44. The van der Waals surface area contributed by atoms with Crippen molar-refractivity contribution < 1.29 is 9.13 Å². The summed E-state index contributed by atoms with van der Waals surface area (Å²) in [6.45, 7) is 1.60. The molecule has 7 heteroatoms. The van der Waals surface area contributed by atoms with Crippen LogP contribution in [0.3, 0.4) is 0 Å². The van der Waals surface area contributed by atoms with Gasteiger partial charge in [0.25, 0.3) is 0 Å². The summed E-state index contributed by atoms with van der Waals surface area (Å²) in [6, 6.07) is 8.37. The zero-order valence-electron chi connectivity index (χ0n) is 13.3. The Kier molecular flexibility index (Phi) is 5.13. The normalized spacial score (nSPS) is 10.8. The highest BCUT2D eigenvalue weighted by Crippen LogP contribution is 2.40. The Labute approximate surface area is 159 Å². The molecule has 0 aliphatic rings. The zero-order valence-corrected chi connectivity index (χ0v) is 15.5. The molecule has 2 heterocycles. The second-order valence-electron chi connectivity index (χ2n) is 5.25. The highest BCUT2D eigenvalue weighted by molar-refractivity contribution is 6.43. The molecule has 0 saturated heterocycles. The monoisotopic (exact) mass is 396 g/mol. The molecular weight excluding hydrogens is 386 g/mol. The highest BCUT2D eigenvalue weighted by Gasteiger charge is 2.17. The van der Waals surface area contributed by atoms with Crippen LogP contribution < -0.4 is 4.74 Å². The first kappa shape index (κ1) is 17.9. The molecule has 1 aromatic carbocycles. The number of aromatic nitrogens is 2. The molecule has 0 atom stereocenters. The minimum atomic E-state index is -0.423. The van der Waals surface area contributed by atoms with Gasteiger partial charge in [0.1, 0.15) is 11.0 Å². The molecular formula is C18H12Cl3FN2O. The highest BCUT2D eigenvalue weighted by atomic mass is 35.5. The van der Waals surface area contributed by atoms with Crippen LogP contribution in [0.5, 0.6) is 5.88 Å². The topological polar surface area (TPSA) is 35.0 Å². The Bertz CT molecular complexity index is 963. The summed E-state index contributed by atoms with van der Waals surface area (Å²) < 4.78 is 19.3. The van der Waals surface area contributed by atoms with E-state index >= 15 is 0 Å². The molecule has 0 spiro atoms. The van der Waals surface area contributed by atoms with E-state index in [1.54, 1.807) is 37.4 Å². The van der Waals surface area contributed by atoms with Gasteiger partial charge in [-0.2, -0.15) is 0 Å². The lowest BCUT2D eigenvalue weighted by atomic mass is 10.0. The fourth-order valence-electron chi connectivity index (χ4n) is 2.46. The number of rotatable bonds is 3. The van der Waals surface area contributed by atoms with Gasteiger partial charge in [0.2, 0.25) is 5.88 Å². The first-order valence-corrected chi connectivity index (χ1v) is 8.37. The number of benzene rings is 1. The van der Waals surface area contributed by atoms with Crippen LogP contribution in [0.1, 0.15) is 5.56 Å². The fourth-order valence-corrected chi connectivity index (χ4v) is 3.15. The van der Waals surface area contributed by atoms with E-state index in [1.165, 1.54) is 13.2 Å². The SMILES string of the molecule is COc1nc(-c2cccc(-c3ccnc(Cl)c3Cl)c2Cl)cc(F)c1C. The van der Waals surface area contributed by atoms with Gasteiger partial charge in [-0.25, -0.2) is 14.4 Å². The Morgan fingerprint density at radius 3 is 2.40 bits per heavy atom. The summed E-state index contributed by atoms with van der Waals surface area (Å²) in [5.41, 5.74) is 2.54. The van der Waals surface area contributed by atoms with Crippen molar-refractivity contribution in [2.75, 3.05) is 7.11 Å². The standard InChI is InChI=1S/C18H12Cl3FN2O/c1-9-13(22)8-14(24-18(9)25-2)12-5-3-4-10(15(12)19)11-6-7-23-17(21)16(11)20/h3-8H,1-2H3. The van der Waals surface area contributed by atoms with Crippen molar-refractivity contribution in [2.24, 2.45) is 0 Å². The Morgan fingerprint density at radius 1 is 1.00 bits per heavy atom. The molecule has 128 valence electrons. The van der Waals surface area contributed by atoms with Crippen molar-refractivity contribution >= 4 is 34.8 Å². The molecule has 25 heavy (non-hydrogen) atoms. The maximum absolute atomic E-state index is 14.2. The molecule has 0 unspecified atom stereocenters. The number of halogens is 4. The van der Waals surface area contributed by atoms with Crippen LogP contribution in [0.25, 0.3) is 22.4 Å². The molecule has 3 aromatic rings. The van der Waals surface area contributed by atoms with Gasteiger partial charge < -0.3 is 4.74 Å². The van der Waals surface area contributed by atoms with Gasteiger partial charge in [-0.05, 0) is 13.0 Å². The Hall–Kier alpha value is -1.88. The fraction of sp³-hybridized carbons (Fsp3) is 0.111. The number of hydrogen-bond donors (Lipinski definition) is 0. The number of ether oxygens (including phenoxy) is 1. The molecule has 0 aliphatic carbocycles. The summed E-state index contributed by atoms with van der Waals surface area (Å²) in [4.78, 5) is 8.27. The van der Waals surface area contributed by atoms with Crippen molar-refractivity contribution in [3.63, 3.8) is 0 Å². The Morgan fingerprint density at radius 2 is 1.68 bits per heavy atom. The van der Waals surface area contributed by atoms with E-state index in [2.05, 4.69) is 9.97 Å². The summed E-state index contributed by atoms with van der Waals surface area (Å²) >= 11 is 18.8. The third-order valence-corrected chi connectivity index (χ3v) is 4.94. The first-order chi connectivity index (χ1) is 11.9. The minimum absolute atomic E-state index is 0.182. The van der Waals surface area contributed by atoms with Crippen LogP contribution in [-0.4, -0.2) is 17.1 Å². The van der Waals surface area contributed by atoms with Crippen LogP contribution in [0.15, 0.2) is 36.5 Å². The number of methoxy groups -OCH3 is 1. The lowest BCUT2D eigenvalue weighted by molar-refractivity contribution is 0.390. The smallest absolute Gasteiger partial charge is 0.219 e. The summed E-state index contributed by atoms with van der Waals surface area (Å²) in [6.07, 6.45) is 1.54. The molecule has 3 nitrogen and oxygen atoms in total. The molecule has 0 saturated carbocycles. The van der Waals surface area contributed by atoms with Crippen LogP contribution in [0, 0.1) is 12.7 Å². The van der Waals surface area contributed by atoms with E-state index in [4.69, 9.17) is 39.5 Å². The molecule has 3 rings (SSSR count). The molecule has 0 amide bonds. The second kappa shape index (κ2) is 7.16. The number of pyridine rings is 2. The predicted octanol–water partition coefficient (Wildman–Crippen LogP) is 6.23. The van der Waals surface area contributed by atoms with Crippen molar-refractivity contribution in [3.05, 3.63) is 63.1 Å². The van der Waals surface area contributed by atoms with Gasteiger partial charge in [-0.3, -0.25) is 0 Å². The minimum Gasteiger partial charge on any atom is -0.481 e. The average Bonchev–Trinajstić information content (AvgIpc) is 2.60. The van der Waals surface area contributed by atoms with Crippen molar-refractivity contribution in [3.8, 4) is 28.3 Å². The van der Waals surface area contributed by atoms with Crippen molar-refractivity contribution in [1.29, 1.82) is 0 Å². The van der Waals surface area contributed by atoms with Crippen molar-refractivity contribution in [2.45, 2.75) is 6.92 Å². The molecule has 0 radical (unpaired) electrons. The van der Waals surface area contributed by atoms with Gasteiger partial charge in [-0.1, -0.05) is 53.0 Å². The van der Waals surface area contributed by atoms with Gasteiger partial charge in [0.15, 0.2) is 0 Å². The van der Waals surface area contributed by atoms with Crippen LogP contribution >= 0.6 is 34.8 Å². The molecule has 2 aromatic heterocycles. The largest absolute Gasteiger partial charge is 0.481 e. The quantitative estimate of drug-likeness (QED) is 0.492. The molecule has 0 fully saturated rings. The maximum atomic E-state index is 14.2.